The fraction of sp³-hybridized carbons (Fsp3) is 0.143. The summed E-state index contributed by atoms with van der Waals surface area (Å²) < 4.78 is 38.8. The van der Waals surface area contributed by atoms with Crippen LogP contribution in [0.2, 0.25) is 0 Å². The van der Waals surface area contributed by atoms with Gasteiger partial charge in [-0.25, -0.2) is 0 Å². The number of hydrogen-bond donors (Lipinski definition) is 0. The number of halogens is 4. The molecular weight excluding hydrogens is 335 g/mol. The second-order valence-corrected chi connectivity index (χ2v) is 4.05. The molecule has 0 fully saturated rings. The van der Waals surface area contributed by atoms with Crippen LogP contribution in [0, 0.1) is 0 Å². The molecule has 106 valence electrons. The zero-order valence-electron chi connectivity index (χ0n) is 10.3. The van der Waals surface area contributed by atoms with Gasteiger partial charge in [0, 0.05) is 17.7 Å². The van der Waals surface area contributed by atoms with Gasteiger partial charge < -0.3 is 17.0 Å². The molecule has 0 aliphatic carbocycles. The van der Waals surface area contributed by atoms with Gasteiger partial charge in [-0.2, -0.15) is 17.7 Å². The van der Waals surface area contributed by atoms with Crippen LogP contribution < -0.4 is 21.5 Å². The lowest BCUT2D eigenvalue weighted by Gasteiger charge is -2.06. The van der Waals surface area contributed by atoms with Gasteiger partial charge in [0.05, 0.1) is 5.56 Å². The Balaban J connectivity index is 0.00000200. The number of aromatic nitrogens is 1. The van der Waals surface area contributed by atoms with Crippen molar-refractivity contribution >= 4 is 5.78 Å². The molecule has 0 atom stereocenters. The quantitative estimate of drug-likeness (QED) is 0.561. The highest BCUT2D eigenvalue weighted by molar-refractivity contribution is 5.95. The molecule has 1 heterocycles. The van der Waals surface area contributed by atoms with Crippen molar-refractivity contribution in [3.8, 4) is 0 Å². The van der Waals surface area contributed by atoms with Crippen LogP contribution in [-0.4, -0.2) is 5.78 Å². The first-order chi connectivity index (χ1) is 8.97. The molecule has 6 heteroatoms. The highest BCUT2D eigenvalue weighted by Gasteiger charge is 2.30. The van der Waals surface area contributed by atoms with Crippen LogP contribution in [0.25, 0.3) is 0 Å². The van der Waals surface area contributed by atoms with E-state index in [-0.39, 0.29) is 34.9 Å². The van der Waals surface area contributed by atoms with Gasteiger partial charge in [-0.15, -0.1) is 0 Å². The topological polar surface area (TPSA) is 20.9 Å². The summed E-state index contributed by atoms with van der Waals surface area (Å²) >= 11 is 0. The average molecular weight is 346 g/mol. The van der Waals surface area contributed by atoms with Crippen molar-refractivity contribution in [2.24, 2.45) is 0 Å². The normalized spacial score (nSPS) is 10.8. The zero-order chi connectivity index (χ0) is 13.9. The van der Waals surface area contributed by atoms with E-state index in [0.29, 0.717) is 0 Å². The molecule has 0 amide bonds. The molecule has 0 unspecified atom stereocenters. The number of nitrogens with zero attached hydrogens (tertiary/aromatic N) is 1. The van der Waals surface area contributed by atoms with Crippen molar-refractivity contribution in [1.82, 2.24) is 0 Å². The molecule has 1 aromatic heterocycles. The standard InChI is InChI=1S/C14H11F3NO.BrH/c15-14(16,17)12-6-4-11(5-7-12)13(19)10-18-8-2-1-3-9-18;/h1-9H,10H2;1H/q+1;/p-1. The maximum atomic E-state index is 12.4. The molecule has 0 N–H and O–H groups in total. The summed E-state index contributed by atoms with van der Waals surface area (Å²) in [4.78, 5) is 11.9. The highest BCUT2D eigenvalue weighted by Crippen LogP contribution is 2.29. The fourth-order valence-corrected chi connectivity index (χ4v) is 1.64. The van der Waals surface area contributed by atoms with Gasteiger partial charge in [0.2, 0.25) is 12.3 Å². The predicted molar refractivity (Wildman–Crippen MR) is 62.4 cm³/mol. The monoisotopic (exact) mass is 345 g/mol. The number of Topliss-reactive ketones (excluding diaryl/α,β-unsaturated/α-hetero) is 1. The Bertz CT molecular complexity index is 567. The van der Waals surface area contributed by atoms with E-state index < -0.39 is 11.7 Å². The number of alkyl halides is 3. The first-order valence-electron chi connectivity index (χ1n) is 5.61. The number of benzene rings is 1. The maximum Gasteiger partial charge on any atom is 0.416 e. The summed E-state index contributed by atoms with van der Waals surface area (Å²) in [6, 6.07) is 9.62. The van der Waals surface area contributed by atoms with Gasteiger partial charge in [0.1, 0.15) is 0 Å². The summed E-state index contributed by atoms with van der Waals surface area (Å²) in [6.45, 7) is 0.103. The van der Waals surface area contributed by atoms with E-state index in [1.165, 1.54) is 12.1 Å². The van der Waals surface area contributed by atoms with Crippen LogP contribution >= 0.6 is 0 Å². The van der Waals surface area contributed by atoms with Gasteiger partial charge in [-0.1, -0.05) is 18.2 Å². The van der Waals surface area contributed by atoms with E-state index in [9.17, 15) is 18.0 Å². The van der Waals surface area contributed by atoms with Gasteiger partial charge >= 0.3 is 6.18 Å². The first kappa shape index (κ1) is 16.4. The minimum absolute atomic E-state index is 0. The molecule has 0 aliphatic heterocycles. The Kier molecular flexibility index (Phi) is 5.44. The molecule has 20 heavy (non-hydrogen) atoms. The van der Waals surface area contributed by atoms with Crippen LogP contribution in [0.3, 0.4) is 0 Å². The van der Waals surface area contributed by atoms with Crippen LogP contribution in [0.4, 0.5) is 13.2 Å². The van der Waals surface area contributed by atoms with Crippen LogP contribution in [0.1, 0.15) is 15.9 Å². The molecular formula is C14H11BrF3NO. The highest BCUT2D eigenvalue weighted by atomic mass is 79.9. The number of ketones is 1. The summed E-state index contributed by atoms with van der Waals surface area (Å²) in [6.07, 6.45) is -0.931. The largest absolute Gasteiger partial charge is 1.00 e. The van der Waals surface area contributed by atoms with E-state index in [2.05, 4.69) is 0 Å². The lowest BCUT2D eigenvalue weighted by Crippen LogP contribution is -3.00. The van der Waals surface area contributed by atoms with Gasteiger partial charge in [-0.05, 0) is 12.1 Å². The van der Waals surface area contributed by atoms with Crippen LogP contribution in [0.5, 0.6) is 0 Å². The Morgan fingerprint density at radius 2 is 1.55 bits per heavy atom. The minimum atomic E-state index is -4.38. The first-order valence-corrected chi connectivity index (χ1v) is 5.61. The van der Waals surface area contributed by atoms with Crippen molar-refractivity contribution in [1.29, 1.82) is 0 Å². The zero-order valence-corrected chi connectivity index (χ0v) is 11.9. The molecule has 2 rings (SSSR count). The number of hydrogen-bond acceptors (Lipinski definition) is 1. The van der Waals surface area contributed by atoms with E-state index in [1.54, 1.807) is 29.1 Å². The second kappa shape index (κ2) is 6.65. The smallest absolute Gasteiger partial charge is 0.416 e. The molecule has 0 saturated heterocycles. The fourth-order valence-electron chi connectivity index (χ4n) is 1.64. The van der Waals surface area contributed by atoms with Gasteiger partial charge in [0.15, 0.2) is 12.4 Å². The number of rotatable bonds is 3. The van der Waals surface area contributed by atoms with E-state index in [1.807, 2.05) is 6.07 Å². The predicted octanol–water partition coefficient (Wildman–Crippen LogP) is -0.120. The lowest BCUT2D eigenvalue weighted by molar-refractivity contribution is -0.683. The number of pyridine rings is 1. The van der Waals surface area contributed by atoms with Crippen LogP contribution in [-0.2, 0) is 12.7 Å². The molecule has 0 radical (unpaired) electrons. The lowest BCUT2D eigenvalue weighted by atomic mass is 10.1. The molecule has 0 bridgehead atoms. The van der Waals surface area contributed by atoms with Gasteiger partial charge in [0.25, 0.3) is 0 Å². The van der Waals surface area contributed by atoms with Crippen molar-refractivity contribution in [3.63, 3.8) is 0 Å². The van der Waals surface area contributed by atoms with E-state index >= 15 is 0 Å². The average Bonchev–Trinajstić information content (AvgIpc) is 2.39. The molecule has 2 aromatic rings. The number of carbonyl (C=O) groups excluding carboxylic acids is 1. The second-order valence-electron chi connectivity index (χ2n) is 4.05. The van der Waals surface area contributed by atoms with Gasteiger partial charge in [-0.3, -0.25) is 4.79 Å². The third kappa shape index (κ3) is 4.16. The van der Waals surface area contributed by atoms with Crippen LogP contribution in [0.15, 0.2) is 54.9 Å². The summed E-state index contributed by atoms with van der Waals surface area (Å²) in [5.74, 6) is -0.232. The van der Waals surface area contributed by atoms with Crippen molar-refractivity contribution < 1.29 is 39.5 Å². The number of carbonyl (C=O) groups is 1. The maximum absolute atomic E-state index is 12.4. The van der Waals surface area contributed by atoms with E-state index in [0.717, 1.165) is 12.1 Å². The Morgan fingerprint density at radius 1 is 1.00 bits per heavy atom. The van der Waals surface area contributed by atoms with Crippen molar-refractivity contribution in [2.45, 2.75) is 12.7 Å². The Hall–Kier alpha value is -1.69. The van der Waals surface area contributed by atoms with E-state index in [4.69, 9.17) is 0 Å². The summed E-state index contributed by atoms with van der Waals surface area (Å²) in [5, 5.41) is 0. The van der Waals surface area contributed by atoms with Crippen molar-refractivity contribution in [2.75, 3.05) is 0 Å². The Morgan fingerprint density at radius 3 is 2.05 bits per heavy atom. The van der Waals surface area contributed by atoms with Crippen molar-refractivity contribution in [3.05, 3.63) is 66.0 Å². The third-order valence-electron chi connectivity index (χ3n) is 2.64. The molecule has 2 nitrogen and oxygen atoms in total. The minimum Gasteiger partial charge on any atom is -1.00 e. The SMILES string of the molecule is O=C(C[n+]1ccccc1)c1ccc(C(F)(F)F)cc1.[Br-]. The molecule has 1 aromatic carbocycles. The Labute approximate surface area is 124 Å². The molecule has 0 spiro atoms. The molecule has 0 aliphatic rings. The summed E-state index contributed by atoms with van der Waals surface area (Å²) in [5.41, 5.74) is -0.485. The molecule has 0 saturated carbocycles. The summed E-state index contributed by atoms with van der Waals surface area (Å²) in [7, 11) is 0. The third-order valence-corrected chi connectivity index (χ3v) is 2.64.